The Balaban J connectivity index is 1.69. The second-order valence-corrected chi connectivity index (χ2v) is 5.91. The molecular formula is C12H17N3O2S. The van der Waals surface area contributed by atoms with Crippen LogP contribution in [-0.2, 0) is 6.54 Å². The molecular weight excluding hydrogens is 250 g/mol. The van der Waals surface area contributed by atoms with E-state index in [0.29, 0.717) is 18.4 Å². The molecule has 5 nitrogen and oxygen atoms in total. The number of carboxylic acid groups (broad SMARTS) is 1. The molecule has 2 heterocycles. The molecule has 2 N–H and O–H groups in total. The fourth-order valence-electron chi connectivity index (χ4n) is 3.23. The molecule has 0 aromatic carbocycles. The molecule has 3 rings (SSSR count). The van der Waals surface area contributed by atoms with E-state index < -0.39 is 6.09 Å². The second-order valence-electron chi connectivity index (χ2n) is 5.19. The summed E-state index contributed by atoms with van der Waals surface area (Å²) < 4.78 is 0. The average Bonchev–Trinajstić information content (AvgIpc) is 3.01. The molecule has 98 valence electrons. The van der Waals surface area contributed by atoms with Gasteiger partial charge >= 0.3 is 6.09 Å². The fourth-order valence-corrected chi connectivity index (χ4v) is 3.78. The van der Waals surface area contributed by atoms with Crippen molar-refractivity contribution in [3.8, 4) is 0 Å². The van der Waals surface area contributed by atoms with Crippen LogP contribution in [0.1, 0.15) is 18.5 Å². The van der Waals surface area contributed by atoms with Crippen molar-refractivity contribution in [1.29, 1.82) is 0 Å². The number of carbonyl (C=O) groups is 1. The van der Waals surface area contributed by atoms with Crippen LogP contribution in [0.15, 0.2) is 10.9 Å². The number of aromatic nitrogens is 1. The predicted octanol–water partition coefficient (Wildman–Crippen LogP) is 1.62. The zero-order chi connectivity index (χ0) is 12.5. The zero-order valence-corrected chi connectivity index (χ0v) is 10.9. The Labute approximate surface area is 110 Å². The zero-order valence-electron chi connectivity index (χ0n) is 10.1. The maximum atomic E-state index is 11.4. The highest BCUT2D eigenvalue weighted by molar-refractivity contribution is 7.07. The molecule has 1 aromatic rings. The Morgan fingerprint density at radius 3 is 2.78 bits per heavy atom. The van der Waals surface area contributed by atoms with Gasteiger partial charge < -0.3 is 10.4 Å². The van der Waals surface area contributed by atoms with Crippen LogP contribution in [0.3, 0.4) is 0 Å². The number of hydrogen-bond acceptors (Lipinski definition) is 4. The maximum Gasteiger partial charge on any atom is 0.407 e. The average molecular weight is 267 g/mol. The van der Waals surface area contributed by atoms with Gasteiger partial charge in [0.05, 0.1) is 17.7 Å². The highest BCUT2D eigenvalue weighted by Crippen LogP contribution is 2.37. The van der Waals surface area contributed by atoms with E-state index in [-0.39, 0.29) is 6.04 Å². The summed E-state index contributed by atoms with van der Waals surface area (Å²) in [7, 11) is 0. The minimum Gasteiger partial charge on any atom is -0.465 e. The molecule has 1 saturated carbocycles. The van der Waals surface area contributed by atoms with Gasteiger partial charge in [0.25, 0.3) is 0 Å². The van der Waals surface area contributed by atoms with E-state index in [1.807, 2.05) is 5.38 Å². The standard InChI is InChI=1S/C12H17N3O2S/c16-12(17)15(5-10-6-18-7-14-10)11-1-8-3-13-4-9(8)2-11/h6-9,11,13H,1-5H2,(H,16,17)/t8-,9+,11?. The van der Waals surface area contributed by atoms with Gasteiger partial charge in [-0.3, -0.25) is 4.90 Å². The van der Waals surface area contributed by atoms with Crippen molar-refractivity contribution in [2.45, 2.75) is 25.4 Å². The molecule has 1 amide bonds. The van der Waals surface area contributed by atoms with Gasteiger partial charge in [-0.05, 0) is 37.8 Å². The van der Waals surface area contributed by atoms with Gasteiger partial charge in [-0.15, -0.1) is 11.3 Å². The van der Waals surface area contributed by atoms with Crippen LogP contribution in [0.25, 0.3) is 0 Å². The lowest BCUT2D eigenvalue weighted by atomic mass is 10.0. The van der Waals surface area contributed by atoms with Crippen LogP contribution in [-0.4, -0.2) is 40.2 Å². The first kappa shape index (κ1) is 11.9. The van der Waals surface area contributed by atoms with Crippen molar-refractivity contribution in [2.24, 2.45) is 11.8 Å². The topological polar surface area (TPSA) is 65.5 Å². The Bertz CT molecular complexity index is 411. The third kappa shape index (κ3) is 2.22. The van der Waals surface area contributed by atoms with Crippen LogP contribution in [0.4, 0.5) is 4.79 Å². The van der Waals surface area contributed by atoms with Crippen molar-refractivity contribution in [1.82, 2.24) is 15.2 Å². The van der Waals surface area contributed by atoms with Gasteiger partial charge in [-0.2, -0.15) is 0 Å². The number of amides is 1. The summed E-state index contributed by atoms with van der Waals surface area (Å²) in [6.07, 6.45) is 1.17. The first-order valence-corrected chi connectivity index (χ1v) is 7.25. The first-order chi connectivity index (χ1) is 8.74. The van der Waals surface area contributed by atoms with Gasteiger partial charge in [0, 0.05) is 11.4 Å². The first-order valence-electron chi connectivity index (χ1n) is 6.31. The highest BCUT2D eigenvalue weighted by Gasteiger charge is 2.41. The summed E-state index contributed by atoms with van der Waals surface area (Å²) in [6, 6.07) is 0.168. The molecule has 3 atom stereocenters. The molecule has 1 saturated heterocycles. The number of nitrogens with zero attached hydrogens (tertiary/aromatic N) is 2. The predicted molar refractivity (Wildman–Crippen MR) is 68.6 cm³/mol. The molecule has 0 bridgehead atoms. The van der Waals surface area contributed by atoms with E-state index in [1.165, 1.54) is 11.3 Å². The van der Waals surface area contributed by atoms with Crippen LogP contribution in [0.2, 0.25) is 0 Å². The van der Waals surface area contributed by atoms with E-state index in [4.69, 9.17) is 0 Å². The number of nitrogens with one attached hydrogen (secondary N) is 1. The Kier molecular flexibility index (Phi) is 3.22. The number of hydrogen-bond donors (Lipinski definition) is 2. The Morgan fingerprint density at radius 2 is 2.22 bits per heavy atom. The van der Waals surface area contributed by atoms with E-state index in [0.717, 1.165) is 31.6 Å². The molecule has 1 aliphatic heterocycles. The van der Waals surface area contributed by atoms with Crippen molar-refractivity contribution in [3.05, 3.63) is 16.6 Å². The summed E-state index contributed by atoms with van der Waals surface area (Å²) in [5, 5.41) is 14.7. The van der Waals surface area contributed by atoms with Gasteiger partial charge in [0.2, 0.25) is 0 Å². The van der Waals surface area contributed by atoms with E-state index in [1.54, 1.807) is 10.4 Å². The fraction of sp³-hybridized carbons (Fsp3) is 0.667. The summed E-state index contributed by atoms with van der Waals surface area (Å²) >= 11 is 1.51. The third-order valence-electron chi connectivity index (χ3n) is 4.13. The van der Waals surface area contributed by atoms with E-state index >= 15 is 0 Å². The Hall–Kier alpha value is -1.14. The number of fused-ring (bicyclic) bond motifs is 1. The van der Waals surface area contributed by atoms with E-state index in [9.17, 15) is 9.90 Å². The van der Waals surface area contributed by atoms with Crippen LogP contribution in [0.5, 0.6) is 0 Å². The summed E-state index contributed by atoms with van der Waals surface area (Å²) in [5.41, 5.74) is 2.61. The quantitative estimate of drug-likeness (QED) is 0.873. The van der Waals surface area contributed by atoms with Crippen LogP contribution < -0.4 is 5.32 Å². The van der Waals surface area contributed by atoms with Gasteiger partial charge in [0.15, 0.2) is 0 Å². The lowest BCUT2D eigenvalue weighted by Gasteiger charge is -2.26. The number of thiazole rings is 1. The molecule has 1 unspecified atom stereocenters. The molecule has 0 spiro atoms. The summed E-state index contributed by atoms with van der Waals surface area (Å²) in [6.45, 7) is 2.52. The molecule has 1 aliphatic carbocycles. The Morgan fingerprint density at radius 1 is 1.50 bits per heavy atom. The largest absolute Gasteiger partial charge is 0.465 e. The minimum atomic E-state index is -0.819. The minimum absolute atomic E-state index is 0.168. The van der Waals surface area contributed by atoms with Crippen molar-refractivity contribution >= 4 is 17.4 Å². The van der Waals surface area contributed by atoms with Gasteiger partial charge in [-0.1, -0.05) is 0 Å². The van der Waals surface area contributed by atoms with Crippen molar-refractivity contribution in [3.63, 3.8) is 0 Å². The summed E-state index contributed by atoms with van der Waals surface area (Å²) in [4.78, 5) is 17.2. The van der Waals surface area contributed by atoms with Crippen LogP contribution in [0, 0.1) is 11.8 Å². The maximum absolute atomic E-state index is 11.4. The molecule has 1 aromatic heterocycles. The second kappa shape index (κ2) is 4.85. The molecule has 0 radical (unpaired) electrons. The SMILES string of the molecule is O=C(O)N(Cc1cscn1)C1C[C@H]2CNC[C@H]2C1. The van der Waals surface area contributed by atoms with Crippen LogP contribution >= 0.6 is 11.3 Å². The number of rotatable bonds is 3. The normalized spacial score (nSPS) is 30.3. The molecule has 2 aliphatic rings. The summed E-state index contributed by atoms with van der Waals surface area (Å²) in [5.74, 6) is 1.32. The monoisotopic (exact) mass is 267 g/mol. The molecule has 2 fully saturated rings. The van der Waals surface area contributed by atoms with Crippen molar-refractivity contribution < 1.29 is 9.90 Å². The molecule has 6 heteroatoms. The van der Waals surface area contributed by atoms with E-state index in [2.05, 4.69) is 10.3 Å². The smallest absolute Gasteiger partial charge is 0.407 e. The third-order valence-corrected chi connectivity index (χ3v) is 4.77. The lowest BCUT2D eigenvalue weighted by Crippen LogP contribution is -2.38. The van der Waals surface area contributed by atoms with Gasteiger partial charge in [-0.25, -0.2) is 9.78 Å². The lowest BCUT2D eigenvalue weighted by molar-refractivity contribution is 0.118. The van der Waals surface area contributed by atoms with Crippen molar-refractivity contribution in [2.75, 3.05) is 13.1 Å². The van der Waals surface area contributed by atoms with Gasteiger partial charge in [0.1, 0.15) is 0 Å². The highest BCUT2D eigenvalue weighted by atomic mass is 32.1. The molecule has 18 heavy (non-hydrogen) atoms.